The lowest BCUT2D eigenvalue weighted by atomic mass is 10.1. The molecule has 1 aliphatic heterocycles. The normalized spacial score (nSPS) is 16.9. The number of halogens is 1. The second-order valence-electron chi connectivity index (χ2n) is 4.57. The van der Waals surface area contributed by atoms with Gasteiger partial charge in [-0.3, -0.25) is 10.1 Å². The van der Waals surface area contributed by atoms with Gasteiger partial charge in [0, 0.05) is 24.8 Å². The lowest BCUT2D eigenvalue weighted by Crippen LogP contribution is -2.36. The molecule has 0 aromatic heterocycles. The third-order valence-electron chi connectivity index (χ3n) is 3.27. The van der Waals surface area contributed by atoms with Crippen LogP contribution >= 0.6 is 11.6 Å². The molecule has 1 aromatic rings. The van der Waals surface area contributed by atoms with Gasteiger partial charge in [0.2, 0.25) is 0 Å². The van der Waals surface area contributed by atoms with Gasteiger partial charge in [0.1, 0.15) is 5.02 Å². The van der Waals surface area contributed by atoms with Crippen molar-refractivity contribution in [2.24, 2.45) is 0 Å². The van der Waals surface area contributed by atoms with Crippen LogP contribution in [-0.4, -0.2) is 29.2 Å². The number of rotatable bonds is 2. The van der Waals surface area contributed by atoms with Gasteiger partial charge >= 0.3 is 0 Å². The SMILES string of the molecule is Cc1cc([N+](=O)[O-])c(Cl)cc1N1CCC(O)CC1. The molecule has 0 bridgehead atoms. The van der Waals surface area contributed by atoms with Gasteiger partial charge in [-0.25, -0.2) is 0 Å². The first kappa shape index (κ1) is 13.1. The predicted octanol–water partition coefficient (Wildman–Crippen LogP) is 2.52. The molecule has 1 heterocycles. The number of nitro benzene ring substituents is 1. The molecule has 0 saturated carbocycles. The minimum absolute atomic E-state index is 0.0602. The topological polar surface area (TPSA) is 66.6 Å². The third kappa shape index (κ3) is 2.57. The Morgan fingerprint density at radius 2 is 2.06 bits per heavy atom. The van der Waals surface area contributed by atoms with E-state index < -0.39 is 4.92 Å². The molecule has 2 rings (SSSR count). The van der Waals surface area contributed by atoms with Gasteiger partial charge in [-0.2, -0.15) is 0 Å². The van der Waals surface area contributed by atoms with Crippen molar-refractivity contribution in [3.8, 4) is 0 Å². The molecular formula is C12H15ClN2O3. The number of hydrogen-bond acceptors (Lipinski definition) is 4. The first-order valence-corrected chi connectivity index (χ1v) is 6.24. The zero-order valence-electron chi connectivity index (χ0n) is 10.1. The average molecular weight is 271 g/mol. The van der Waals surface area contributed by atoms with Crippen molar-refractivity contribution in [2.75, 3.05) is 18.0 Å². The number of hydrogen-bond donors (Lipinski definition) is 1. The molecule has 0 aliphatic carbocycles. The van der Waals surface area contributed by atoms with Crippen LogP contribution in [-0.2, 0) is 0 Å². The summed E-state index contributed by atoms with van der Waals surface area (Å²) in [6.45, 7) is 3.33. The maximum absolute atomic E-state index is 10.8. The first-order valence-electron chi connectivity index (χ1n) is 5.86. The summed E-state index contributed by atoms with van der Waals surface area (Å²) in [5, 5.41) is 20.4. The molecule has 5 nitrogen and oxygen atoms in total. The zero-order valence-corrected chi connectivity index (χ0v) is 10.9. The van der Waals surface area contributed by atoms with Gasteiger partial charge in [0.15, 0.2) is 0 Å². The summed E-state index contributed by atoms with van der Waals surface area (Å²) in [5.74, 6) is 0. The minimum atomic E-state index is -0.473. The number of anilines is 1. The third-order valence-corrected chi connectivity index (χ3v) is 3.57. The molecule has 1 aromatic carbocycles. The molecule has 0 atom stereocenters. The van der Waals surface area contributed by atoms with E-state index in [1.807, 2.05) is 6.92 Å². The van der Waals surface area contributed by atoms with E-state index in [4.69, 9.17) is 11.6 Å². The van der Waals surface area contributed by atoms with Crippen LogP contribution in [0.5, 0.6) is 0 Å². The fraction of sp³-hybridized carbons (Fsp3) is 0.500. The highest BCUT2D eigenvalue weighted by Gasteiger charge is 2.21. The van der Waals surface area contributed by atoms with Crippen molar-refractivity contribution in [1.29, 1.82) is 0 Å². The van der Waals surface area contributed by atoms with Crippen LogP contribution < -0.4 is 4.90 Å². The van der Waals surface area contributed by atoms with E-state index in [1.54, 1.807) is 6.07 Å². The number of nitro groups is 1. The van der Waals surface area contributed by atoms with Crippen LogP contribution in [0.2, 0.25) is 5.02 Å². The van der Waals surface area contributed by atoms with Crippen LogP contribution in [0, 0.1) is 17.0 Å². The van der Waals surface area contributed by atoms with Crippen molar-refractivity contribution in [2.45, 2.75) is 25.9 Å². The highest BCUT2D eigenvalue weighted by atomic mass is 35.5. The number of nitrogens with zero attached hydrogens (tertiary/aromatic N) is 2. The smallest absolute Gasteiger partial charge is 0.288 e. The Labute approximate surface area is 110 Å². The molecule has 0 spiro atoms. The molecule has 1 aliphatic rings. The Morgan fingerprint density at radius 1 is 1.44 bits per heavy atom. The largest absolute Gasteiger partial charge is 0.393 e. The lowest BCUT2D eigenvalue weighted by molar-refractivity contribution is -0.384. The summed E-state index contributed by atoms with van der Waals surface area (Å²) in [5.41, 5.74) is 1.69. The maximum atomic E-state index is 10.8. The number of piperidine rings is 1. The van der Waals surface area contributed by atoms with E-state index in [9.17, 15) is 15.2 Å². The van der Waals surface area contributed by atoms with Gasteiger partial charge in [0.05, 0.1) is 11.0 Å². The van der Waals surface area contributed by atoms with Crippen LogP contribution in [0.4, 0.5) is 11.4 Å². The Morgan fingerprint density at radius 3 is 2.61 bits per heavy atom. The number of benzene rings is 1. The molecule has 6 heteroatoms. The van der Waals surface area contributed by atoms with Crippen molar-refractivity contribution >= 4 is 23.0 Å². The average Bonchev–Trinajstić information content (AvgIpc) is 2.32. The second-order valence-corrected chi connectivity index (χ2v) is 4.97. The highest BCUT2D eigenvalue weighted by Crippen LogP contribution is 2.33. The van der Waals surface area contributed by atoms with E-state index in [0.717, 1.165) is 24.3 Å². The molecule has 0 amide bonds. The van der Waals surface area contributed by atoms with E-state index in [-0.39, 0.29) is 16.8 Å². The van der Waals surface area contributed by atoms with E-state index >= 15 is 0 Å². The molecule has 98 valence electrons. The molecule has 1 N–H and O–H groups in total. The Bertz CT molecular complexity index is 471. The van der Waals surface area contributed by atoms with Crippen LogP contribution in [0.3, 0.4) is 0 Å². The summed E-state index contributed by atoms with van der Waals surface area (Å²) in [6, 6.07) is 3.15. The molecule has 0 radical (unpaired) electrons. The van der Waals surface area contributed by atoms with Crippen molar-refractivity contribution in [1.82, 2.24) is 0 Å². The number of aliphatic hydroxyl groups is 1. The fourth-order valence-electron chi connectivity index (χ4n) is 2.24. The van der Waals surface area contributed by atoms with Crippen molar-refractivity contribution < 1.29 is 10.0 Å². The quantitative estimate of drug-likeness (QED) is 0.662. The van der Waals surface area contributed by atoms with E-state index in [2.05, 4.69) is 4.90 Å². The van der Waals surface area contributed by atoms with Gasteiger partial charge in [-0.15, -0.1) is 0 Å². The van der Waals surface area contributed by atoms with Gasteiger partial charge in [0.25, 0.3) is 5.69 Å². The number of aryl methyl sites for hydroxylation is 1. The second kappa shape index (κ2) is 5.12. The van der Waals surface area contributed by atoms with E-state index in [0.29, 0.717) is 12.8 Å². The summed E-state index contributed by atoms with van der Waals surface area (Å²) < 4.78 is 0. The monoisotopic (exact) mass is 270 g/mol. The Balaban J connectivity index is 2.29. The van der Waals surface area contributed by atoms with Crippen molar-refractivity contribution in [3.63, 3.8) is 0 Å². The summed E-state index contributed by atoms with van der Waals surface area (Å²) in [4.78, 5) is 12.4. The summed E-state index contributed by atoms with van der Waals surface area (Å²) in [6.07, 6.45) is 1.19. The standard InChI is InChI=1S/C12H15ClN2O3/c1-8-6-12(15(17)18)10(13)7-11(8)14-4-2-9(16)3-5-14/h6-7,9,16H,2-5H2,1H3. The predicted molar refractivity (Wildman–Crippen MR) is 70.3 cm³/mol. The molecule has 1 saturated heterocycles. The molecular weight excluding hydrogens is 256 g/mol. The first-order chi connectivity index (χ1) is 8.49. The molecule has 1 fully saturated rings. The number of aliphatic hydroxyl groups excluding tert-OH is 1. The summed E-state index contributed by atoms with van der Waals surface area (Å²) >= 11 is 5.93. The zero-order chi connectivity index (χ0) is 13.3. The van der Waals surface area contributed by atoms with E-state index in [1.165, 1.54) is 6.07 Å². The van der Waals surface area contributed by atoms with Gasteiger partial charge in [-0.05, 0) is 31.4 Å². The summed E-state index contributed by atoms with van der Waals surface area (Å²) in [7, 11) is 0. The maximum Gasteiger partial charge on any atom is 0.288 e. The van der Waals surface area contributed by atoms with Crippen LogP contribution in [0.15, 0.2) is 12.1 Å². The van der Waals surface area contributed by atoms with Crippen LogP contribution in [0.25, 0.3) is 0 Å². The van der Waals surface area contributed by atoms with Gasteiger partial charge in [-0.1, -0.05) is 11.6 Å². The van der Waals surface area contributed by atoms with Crippen molar-refractivity contribution in [3.05, 3.63) is 32.8 Å². The molecule has 0 unspecified atom stereocenters. The van der Waals surface area contributed by atoms with Gasteiger partial charge < -0.3 is 10.0 Å². The Hall–Kier alpha value is -1.33. The molecule has 18 heavy (non-hydrogen) atoms. The fourth-order valence-corrected chi connectivity index (χ4v) is 2.47. The highest BCUT2D eigenvalue weighted by molar-refractivity contribution is 6.33. The minimum Gasteiger partial charge on any atom is -0.393 e. The lowest BCUT2D eigenvalue weighted by Gasteiger charge is -2.32. The van der Waals surface area contributed by atoms with Crippen LogP contribution in [0.1, 0.15) is 18.4 Å². The Kier molecular flexibility index (Phi) is 3.73.